The first-order valence-electron chi connectivity index (χ1n) is 8.64. The minimum absolute atomic E-state index is 0.297. The van der Waals surface area contributed by atoms with Gasteiger partial charge in [-0.25, -0.2) is 8.42 Å². The summed E-state index contributed by atoms with van der Waals surface area (Å²) in [4.78, 5) is 4.69. The van der Waals surface area contributed by atoms with Gasteiger partial charge < -0.3 is 15.1 Å². The zero-order valence-electron chi connectivity index (χ0n) is 15.4. The van der Waals surface area contributed by atoms with Gasteiger partial charge in [-0.15, -0.1) is 0 Å². The first kappa shape index (κ1) is 20.1. The van der Waals surface area contributed by atoms with Crippen LogP contribution in [0.5, 0.6) is 0 Å². The number of piperazine rings is 1. The quantitative estimate of drug-likeness (QED) is 0.784. The number of thiocarbonyl (C=S) groups is 1. The van der Waals surface area contributed by atoms with Gasteiger partial charge in [-0.1, -0.05) is 19.9 Å². The summed E-state index contributed by atoms with van der Waals surface area (Å²) in [6, 6.07) is 5.17. The molecule has 0 spiro atoms. The third-order valence-corrected chi connectivity index (χ3v) is 6.99. The molecule has 1 N–H and O–H groups in total. The van der Waals surface area contributed by atoms with Crippen molar-refractivity contribution < 1.29 is 8.42 Å². The lowest BCUT2D eigenvalue weighted by Crippen LogP contribution is -2.48. The highest BCUT2D eigenvalue weighted by atomic mass is 32.2. The number of rotatable bonds is 5. The van der Waals surface area contributed by atoms with E-state index in [1.54, 1.807) is 12.1 Å². The minimum atomic E-state index is -3.48. The van der Waals surface area contributed by atoms with Crippen molar-refractivity contribution >= 4 is 33.0 Å². The van der Waals surface area contributed by atoms with Gasteiger partial charge in [-0.2, -0.15) is 4.31 Å². The van der Waals surface area contributed by atoms with Crippen molar-refractivity contribution in [2.45, 2.75) is 25.7 Å². The third-order valence-electron chi connectivity index (χ3n) is 4.58. The highest BCUT2D eigenvalue weighted by Crippen LogP contribution is 2.23. The summed E-state index contributed by atoms with van der Waals surface area (Å²) in [5, 5.41) is 3.88. The standard InChI is InChI=1S/C17H28N4O2S2/c1-5-21(6-2)25(22,23)15-8-7-14(3)16(13-15)18-17(24)20-11-9-19(4)10-12-20/h7-8,13H,5-6,9-12H2,1-4H3,(H,18,24). The molecule has 0 saturated carbocycles. The highest BCUT2D eigenvalue weighted by Gasteiger charge is 2.23. The number of likely N-dealkylation sites (N-methyl/N-ethyl adjacent to an activating group) is 1. The van der Waals surface area contributed by atoms with Gasteiger partial charge in [-0.3, -0.25) is 0 Å². The second-order valence-corrected chi connectivity index (χ2v) is 8.61. The van der Waals surface area contributed by atoms with E-state index < -0.39 is 10.0 Å². The predicted molar refractivity (Wildman–Crippen MR) is 107 cm³/mol. The molecular weight excluding hydrogens is 356 g/mol. The molecule has 6 nitrogen and oxygen atoms in total. The second kappa shape index (κ2) is 8.44. The molecule has 1 aromatic carbocycles. The topological polar surface area (TPSA) is 55.9 Å². The van der Waals surface area contributed by atoms with Gasteiger partial charge in [0, 0.05) is 45.0 Å². The Kier molecular flexibility index (Phi) is 6.79. The number of nitrogens with one attached hydrogen (secondary N) is 1. The molecule has 1 aromatic rings. The predicted octanol–water partition coefficient (Wildman–Crippen LogP) is 1.97. The molecule has 1 aliphatic rings. The van der Waals surface area contributed by atoms with E-state index >= 15 is 0 Å². The fourth-order valence-electron chi connectivity index (χ4n) is 2.81. The van der Waals surface area contributed by atoms with Crippen LogP contribution in [0, 0.1) is 6.92 Å². The molecule has 0 unspecified atom stereocenters. The lowest BCUT2D eigenvalue weighted by atomic mass is 10.2. The summed E-state index contributed by atoms with van der Waals surface area (Å²) < 4.78 is 26.9. The maximum atomic E-state index is 12.7. The van der Waals surface area contributed by atoms with Gasteiger partial charge in [0.2, 0.25) is 10.0 Å². The van der Waals surface area contributed by atoms with Crippen molar-refractivity contribution in [1.82, 2.24) is 14.1 Å². The van der Waals surface area contributed by atoms with Crippen LogP contribution in [0.15, 0.2) is 23.1 Å². The number of hydrogen-bond donors (Lipinski definition) is 1. The van der Waals surface area contributed by atoms with Crippen molar-refractivity contribution in [3.8, 4) is 0 Å². The van der Waals surface area contributed by atoms with Gasteiger partial charge in [0.15, 0.2) is 5.11 Å². The fraction of sp³-hybridized carbons (Fsp3) is 0.588. The van der Waals surface area contributed by atoms with Gasteiger partial charge in [0.1, 0.15) is 0 Å². The largest absolute Gasteiger partial charge is 0.346 e. The number of sulfonamides is 1. The number of anilines is 1. The summed E-state index contributed by atoms with van der Waals surface area (Å²) in [5.74, 6) is 0. The Morgan fingerprint density at radius 3 is 2.36 bits per heavy atom. The SMILES string of the molecule is CCN(CC)S(=O)(=O)c1ccc(C)c(NC(=S)N2CCN(C)CC2)c1. The Hall–Kier alpha value is -1.22. The van der Waals surface area contributed by atoms with Crippen LogP contribution >= 0.6 is 12.2 Å². The van der Waals surface area contributed by atoms with Crippen LogP contribution in [0.25, 0.3) is 0 Å². The minimum Gasteiger partial charge on any atom is -0.346 e. The molecule has 0 radical (unpaired) electrons. The van der Waals surface area contributed by atoms with Crippen LogP contribution in [0.1, 0.15) is 19.4 Å². The highest BCUT2D eigenvalue weighted by molar-refractivity contribution is 7.89. The molecule has 8 heteroatoms. The Balaban J connectivity index is 2.20. The molecule has 1 aliphatic heterocycles. The van der Waals surface area contributed by atoms with Crippen LogP contribution < -0.4 is 5.32 Å². The average molecular weight is 385 g/mol. The Morgan fingerprint density at radius 1 is 1.20 bits per heavy atom. The zero-order chi connectivity index (χ0) is 18.6. The lowest BCUT2D eigenvalue weighted by Gasteiger charge is -2.34. The van der Waals surface area contributed by atoms with E-state index in [1.807, 2.05) is 26.8 Å². The van der Waals surface area contributed by atoms with Crippen LogP contribution in [-0.2, 0) is 10.0 Å². The molecule has 25 heavy (non-hydrogen) atoms. The fourth-order valence-corrected chi connectivity index (χ4v) is 4.59. The second-order valence-electron chi connectivity index (χ2n) is 6.29. The summed E-state index contributed by atoms with van der Waals surface area (Å²) in [7, 11) is -1.38. The van der Waals surface area contributed by atoms with Gasteiger partial charge >= 0.3 is 0 Å². The first-order valence-corrected chi connectivity index (χ1v) is 10.5. The number of aryl methyl sites for hydroxylation is 1. The molecular formula is C17H28N4O2S2. The van der Waals surface area contributed by atoms with E-state index in [0.29, 0.717) is 23.1 Å². The Morgan fingerprint density at radius 2 is 1.80 bits per heavy atom. The van der Waals surface area contributed by atoms with Gasteiger partial charge in [-0.05, 0) is 43.9 Å². The Bertz CT molecular complexity index is 709. The molecule has 1 fully saturated rings. The maximum Gasteiger partial charge on any atom is 0.243 e. The van der Waals surface area contributed by atoms with Gasteiger partial charge in [0.05, 0.1) is 4.90 Å². The average Bonchev–Trinajstić information content (AvgIpc) is 2.58. The van der Waals surface area contributed by atoms with E-state index in [1.165, 1.54) is 4.31 Å². The summed E-state index contributed by atoms with van der Waals surface area (Å²) in [5.41, 5.74) is 1.71. The van der Waals surface area contributed by atoms with E-state index in [0.717, 1.165) is 37.4 Å². The maximum absolute atomic E-state index is 12.7. The summed E-state index contributed by atoms with van der Waals surface area (Å²) in [6.07, 6.45) is 0. The number of hydrogen-bond acceptors (Lipinski definition) is 4. The molecule has 0 bridgehead atoms. The molecule has 2 rings (SSSR count). The zero-order valence-corrected chi connectivity index (χ0v) is 17.1. The molecule has 0 amide bonds. The Labute approximate surface area is 156 Å². The van der Waals surface area contributed by atoms with Gasteiger partial charge in [0.25, 0.3) is 0 Å². The smallest absolute Gasteiger partial charge is 0.243 e. The normalized spacial score (nSPS) is 16.3. The van der Waals surface area contributed by atoms with Crippen LogP contribution in [-0.4, -0.2) is 74.0 Å². The number of benzene rings is 1. The monoisotopic (exact) mass is 384 g/mol. The van der Waals surface area contributed by atoms with E-state index in [2.05, 4.69) is 22.2 Å². The molecule has 0 atom stereocenters. The first-order chi connectivity index (χ1) is 11.8. The molecule has 1 saturated heterocycles. The van der Waals surface area contributed by atoms with Crippen molar-refractivity contribution in [3.63, 3.8) is 0 Å². The van der Waals surface area contributed by atoms with Crippen molar-refractivity contribution in [2.24, 2.45) is 0 Å². The summed E-state index contributed by atoms with van der Waals surface area (Å²) >= 11 is 5.52. The van der Waals surface area contributed by atoms with E-state index in [9.17, 15) is 8.42 Å². The third kappa shape index (κ3) is 4.69. The molecule has 1 heterocycles. The van der Waals surface area contributed by atoms with Crippen LogP contribution in [0.3, 0.4) is 0 Å². The van der Waals surface area contributed by atoms with Crippen LogP contribution in [0.4, 0.5) is 5.69 Å². The summed E-state index contributed by atoms with van der Waals surface area (Å²) in [6.45, 7) is 10.2. The van der Waals surface area contributed by atoms with Crippen molar-refractivity contribution in [2.75, 3.05) is 51.6 Å². The van der Waals surface area contributed by atoms with Crippen LogP contribution in [0.2, 0.25) is 0 Å². The molecule has 0 aliphatic carbocycles. The van der Waals surface area contributed by atoms with Crippen molar-refractivity contribution in [1.29, 1.82) is 0 Å². The lowest BCUT2D eigenvalue weighted by molar-refractivity contribution is 0.217. The van der Waals surface area contributed by atoms with E-state index in [-0.39, 0.29) is 0 Å². The van der Waals surface area contributed by atoms with Crippen molar-refractivity contribution in [3.05, 3.63) is 23.8 Å². The molecule has 140 valence electrons. The number of nitrogens with zero attached hydrogens (tertiary/aromatic N) is 3. The molecule has 0 aromatic heterocycles. The van der Waals surface area contributed by atoms with E-state index in [4.69, 9.17) is 12.2 Å².